The fourth-order valence-corrected chi connectivity index (χ4v) is 12.3. The van der Waals surface area contributed by atoms with Crippen LogP contribution in [0.2, 0.25) is 5.02 Å². The number of furan rings is 1. The quantitative estimate of drug-likeness (QED) is 0.0654. The highest BCUT2D eigenvalue weighted by molar-refractivity contribution is 7.15. The van der Waals surface area contributed by atoms with E-state index < -0.39 is 35.6 Å². The zero-order chi connectivity index (χ0) is 53.0. The van der Waals surface area contributed by atoms with Crippen molar-refractivity contribution in [2.75, 3.05) is 6.54 Å². The molecule has 1 saturated carbocycles. The van der Waals surface area contributed by atoms with Gasteiger partial charge in [-0.1, -0.05) is 75.3 Å². The van der Waals surface area contributed by atoms with E-state index in [-0.39, 0.29) is 55.3 Å². The number of ether oxygens (including phenoxy) is 1. The molecule has 4 aromatic heterocycles. The van der Waals surface area contributed by atoms with Gasteiger partial charge in [-0.15, -0.1) is 32.9 Å². The molecule has 5 atom stereocenters. The molecule has 2 fully saturated rings. The first-order valence-corrected chi connectivity index (χ1v) is 27.1. The van der Waals surface area contributed by atoms with Gasteiger partial charge >= 0.3 is 0 Å². The Labute approximate surface area is 447 Å². The molecule has 3 amide bonds. The van der Waals surface area contributed by atoms with Crippen LogP contribution in [-0.2, 0) is 16.2 Å². The summed E-state index contributed by atoms with van der Waals surface area (Å²) in [5.41, 5.74) is 8.45. The predicted molar refractivity (Wildman–Crippen MR) is 291 cm³/mol. The molecule has 3 aliphatic rings. The summed E-state index contributed by atoms with van der Waals surface area (Å²) < 4.78 is 14.4. The summed E-state index contributed by atoms with van der Waals surface area (Å²) in [5.74, 6) is 0.926. The number of thiazole rings is 1. The van der Waals surface area contributed by atoms with Gasteiger partial charge in [0.15, 0.2) is 11.6 Å². The molecular weight excluding hydrogens is 1010 g/mol. The number of carbonyl (C=O) groups excluding carboxylic acids is 3. The topological polar surface area (TPSA) is 209 Å². The van der Waals surface area contributed by atoms with Crippen molar-refractivity contribution in [2.45, 2.75) is 123 Å². The Hall–Kier alpha value is -6.70. The Bertz CT molecular complexity index is 3350. The number of hydrogen-bond donors (Lipinski definition) is 5. The third-order valence-corrected chi connectivity index (χ3v) is 16.8. The Morgan fingerprint density at radius 2 is 1.71 bits per heavy atom. The number of thiophene rings is 1. The van der Waals surface area contributed by atoms with Crippen molar-refractivity contribution in [3.05, 3.63) is 146 Å². The molecule has 10 rings (SSSR count). The van der Waals surface area contributed by atoms with Crippen molar-refractivity contribution in [3.8, 4) is 21.2 Å². The predicted octanol–water partition coefficient (Wildman–Crippen LogP) is 9.25. The van der Waals surface area contributed by atoms with E-state index in [9.17, 15) is 24.6 Å². The van der Waals surface area contributed by atoms with Crippen molar-refractivity contribution < 1.29 is 33.8 Å². The fourth-order valence-electron chi connectivity index (χ4n) is 10.2. The van der Waals surface area contributed by atoms with Gasteiger partial charge in [-0.2, -0.15) is 0 Å². The summed E-state index contributed by atoms with van der Waals surface area (Å²) in [4.78, 5) is 55.4. The first-order chi connectivity index (χ1) is 35.8. The number of benzene rings is 3. The Kier molecular flexibility index (Phi) is 14.3. The number of amides is 3. The first kappa shape index (κ1) is 51.8. The smallest absolute Gasteiger partial charge is 0.287 e. The molecule has 75 heavy (non-hydrogen) atoms. The lowest BCUT2D eigenvalue weighted by Gasteiger charge is -2.36. The van der Waals surface area contributed by atoms with Crippen molar-refractivity contribution in [1.29, 1.82) is 0 Å². The van der Waals surface area contributed by atoms with Gasteiger partial charge in [-0.25, -0.2) is 4.98 Å². The number of aryl methyl sites for hydroxylation is 2. The Morgan fingerprint density at radius 1 is 0.973 bits per heavy atom. The van der Waals surface area contributed by atoms with E-state index >= 15 is 0 Å². The number of hydrogen-bond acceptors (Lipinski definition) is 14. The number of aromatic nitrogens is 4. The van der Waals surface area contributed by atoms with Crippen LogP contribution in [0.25, 0.3) is 26.4 Å². The monoisotopic (exact) mass is 1070 g/mol. The van der Waals surface area contributed by atoms with Gasteiger partial charge in [-0.3, -0.25) is 23.9 Å². The largest absolute Gasteiger partial charge is 0.490 e. The van der Waals surface area contributed by atoms with Gasteiger partial charge in [0.1, 0.15) is 40.3 Å². The number of β-amino-alcohol motifs (C(OH)–C–C–N with tert-alkyl or cyclic N) is 1. The maximum Gasteiger partial charge on any atom is 0.287 e. The summed E-state index contributed by atoms with van der Waals surface area (Å²) in [6, 6.07) is 20.2. The average molecular weight is 1070 g/mol. The maximum absolute atomic E-state index is 14.5. The molecule has 390 valence electrons. The third kappa shape index (κ3) is 10.5. The molecule has 0 unspecified atom stereocenters. The zero-order valence-corrected chi connectivity index (χ0v) is 45.2. The van der Waals surface area contributed by atoms with Crippen LogP contribution in [0.3, 0.4) is 0 Å². The fraction of sp³-hybridized carbons (Fsp3) is 0.375. The van der Waals surface area contributed by atoms with Crippen LogP contribution in [0.15, 0.2) is 100.0 Å². The normalized spacial score (nSPS) is 20.1. The molecule has 5 N–H and O–H groups in total. The molecule has 3 aromatic carbocycles. The van der Waals surface area contributed by atoms with E-state index in [0.29, 0.717) is 58.2 Å². The number of likely N-dealkylation sites (tertiary alicyclic amines) is 1. The number of nitrogens with one attached hydrogen (secondary N) is 3. The van der Waals surface area contributed by atoms with E-state index in [1.54, 1.807) is 39.9 Å². The average Bonchev–Trinajstić information content (AvgIpc) is 4.21. The molecule has 0 spiro atoms. The number of aliphatic hydroxyl groups is 2. The molecule has 19 heteroatoms. The first-order valence-electron chi connectivity index (χ1n) is 25.1. The minimum Gasteiger partial charge on any atom is -0.490 e. The van der Waals surface area contributed by atoms with Gasteiger partial charge in [0.05, 0.1) is 47.0 Å². The molecular formula is C56H60ClN9O7S2. The van der Waals surface area contributed by atoms with Gasteiger partial charge < -0.3 is 40.2 Å². The highest BCUT2D eigenvalue weighted by Gasteiger charge is 2.44. The van der Waals surface area contributed by atoms with Crippen LogP contribution >= 0.6 is 34.3 Å². The molecule has 0 radical (unpaired) electrons. The molecule has 1 saturated heterocycles. The molecule has 16 nitrogen and oxygen atoms in total. The molecule has 0 bridgehead atoms. The van der Waals surface area contributed by atoms with Crippen LogP contribution in [0.1, 0.15) is 120 Å². The van der Waals surface area contributed by atoms with Gasteiger partial charge in [0, 0.05) is 70.0 Å². The summed E-state index contributed by atoms with van der Waals surface area (Å²) in [6.07, 6.45) is 0.656. The van der Waals surface area contributed by atoms with E-state index in [4.69, 9.17) is 25.7 Å². The van der Waals surface area contributed by atoms with Crippen molar-refractivity contribution in [1.82, 2.24) is 40.6 Å². The standard InChI is InChI=1S/C56H60ClN9O7S2/c1-28-31(4)75-55-48(28)49(34-13-15-37(57)16-14-34)61-42(52-64-63-32(5)66(52)55)24-47(69)60-38-21-41(22-38)72-40-17-18-45-36(19-40)20-46(73-45)53(70)62-51(56(6,7)8)54(71)65-25-39(68)23-44(65)30(3)59-29(2)33-9-11-35(12-10-33)50-43(26-67)58-27-74-50/h9-20,27,29,38-39,41-42,44,51,59,67-68H,3,21-26H2,1-2,4-8H3,(H,60,69)(H,62,70)/t29-,38-,39+,41+,42-,44-,51+/m0/s1. The number of aliphatic imine (C=N–C) groups is 1. The van der Waals surface area contributed by atoms with E-state index in [1.807, 2.05) is 93.8 Å². The lowest BCUT2D eigenvalue weighted by molar-refractivity contribution is -0.136. The van der Waals surface area contributed by atoms with Crippen LogP contribution in [0.4, 0.5) is 0 Å². The molecule has 1 aliphatic carbocycles. The van der Waals surface area contributed by atoms with Crippen LogP contribution in [0.5, 0.6) is 5.75 Å². The SMILES string of the molecule is C=C(N[C@@H](C)c1ccc(-c2scnc2CO)cc1)[C@@H]1C[C@@H](O)CN1C(=O)[C@@H](NC(=O)c1cc2cc(O[C@H]3C[C@@H](NC(=O)C[C@@H]4N=C(c5ccc(Cl)cc5)c5c(sc(C)c5C)-n5c(C)nnc54)C3)ccc2o1)C(C)(C)C. The van der Waals surface area contributed by atoms with E-state index in [0.717, 1.165) is 49.2 Å². The third-order valence-electron chi connectivity index (χ3n) is 14.4. The van der Waals surface area contributed by atoms with E-state index in [2.05, 4.69) is 51.6 Å². The van der Waals surface area contributed by atoms with Crippen molar-refractivity contribution in [3.63, 3.8) is 0 Å². The highest BCUT2D eigenvalue weighted by atomic mass is 35.5. The number of halogens is 1. The minimum atomic E-state index is -0.968. The number of carbonyl (C=O) groups is 3. The Balaban J connectivity index is 0.752. The van der Waals surface area contributed by atoms with Crippen LogP contribution in [0, 0.1) is 26.2 Å². The maximum atomic E-state index is 14.5. The second-order valence-corrected chi connectivity index (χ2v) is 23.4. The highest BCUT2D eigenvalue weighted by Crippen LogP contribution is 2.40. The van der Waals surface area contributed by atoms with Gasteiger partial charge in [-0.05, 0) is 86.2 Å². The van der Waals surface area contributed by atoms with Gasteiger partial charge in [0.2, 0.25) is 11.8 Å². The summed E-state index contributed by atoms with van der Waals surface area (Å²) >= 11 is 9.42. The summed E-state index contributed by atoms with van der Waals surface area (Å²) in [7, 11) is 0. The number of fused-ring (bicyclic) bond motifs is 4. The minimum absolute atomic E-state index is 0.0371. The second kappa shape index (κ2) is 20.8. The lowest BCUT2D eigenvalue weighted by atomic mass is 9.85. The summed E-state index contributed by atoms with van der Waals surface area (Å²) in [5, 5.41) is 41.4. The van der Waals surface area contributed by atoms with Crippen molar-refractivity contribution in [2.24, 2.45) is 10.4 Å². The zero-order valence-electron chi connectivity index (χ0n) is 42.8. The second-order valence-electron chi connectivity index (χ2n) is 20.9. The number of rotatable bonds is 15. The molecule has 2 aliphatic heterocycles. The van der Waals surface area contributed by atoms with E-state index in [1.165, 1.54) is 16.2 Å². The summed E-state index contributed by atoms with van der Waals surface area (Å²) in [6.45, 7) is 18.0. The van der Waals surface area contributed by atoms with Crippen LogP contribution < -0.4 is 20.7 Å². The number of aliphatic hydroxyl groups excluding tert-OH is 2. The molecule has 6 heterocycles. The number of nitrogens with zero attached hydrogens (tertiary/aromatic N) is 6. The van der Waals surface area contributed by atoms with Crippen molar-refractivity contribution >= 4 is 68.7 Å². The Morgan fingerprint density at radius 3 is 2.43 bits per heavy atom. The lowest BCUT2D eigenvalue weighted by Crippen LogP contribution is -2.56. The van der Waals surface area contributed by atoms with Crippen LogP contribution in [-0.4, -0.2) is 95.2 Å². The van der Waals surface area contributed by atoms with Gasteiger partial charge in [0.25, 0.3) is 5.91 Å². The molecule has 7 aromatic rings.